The fourth-order valence-corrected chi connectivity index (χ4v) is 2.77. The van der Waals surface area contributed by atoms with Gasteiger partial charge < -0.3 is 31.5 Å². The number of carbonyl (C=O) groups is 3. The molecule has 0 unspecified atom stereocenters. The second kappa shape index (κ2) is 12.6. The van der Waals surface area contributed by atoms with Gasteiger partial charge in [-0.15, -0.1) is 0 Å². The van der Waals surface area contributed by atoms with E-state index in [-0.39, 0.29) is 6.61 Å². The lowest BCUT2D eigenvalue weighted by Crippen LogP contribution is -2.44. The first kappa shape index (κ1) is 24.2. The zero-order valence-corrected chi connectivity index (χ0v) is 17.1. The predicted molar refractivity (Wildman–Crippen MR) is 109 cm³/mol. The van der Waals surface area contributed by atoms with Crippen LogP contribution in [0, 0.1) is 0 Å². The van der Waals surface area contributed by atoms with Crippen LogP contribution in [0.15, 0.2) is 30.3 Å². The van der Waals surface area contributed by atoms with E-state index in [2.05, 4.69) is 16.0 Å². The van der Waals surface area contributed by atoms with Gasteiger partial charge in [0.15, 0.2) is 0 Å². The Bertz CT molecular complexity index is 652. The molecule has 1 atom stereocenters. The minimum atomic E-state index is -1.07. The van der Waals surface area contributed by atoms with Gasteiger partial charge >= 0.3 is 12.2 Å². The molecule has 0 spiro atoms. The summed E-state index contributed by atoms with van der Waals surface area (Å²) >= 11 is 0. The van der Waals surface area contributed by atoms with Gasteiger partial charge in [0.05, 0.1) is 6.04 Å². The highest BCUT2D eigenvalue weighted by molar-refractivity contribution is 5.79. The molecule has 1 aromatic rings. The second-order valence-electron chi connectivity index (χ2n) is 7.46. The molecule has 9 heteroatoms. The van der Waals surface area contributed by atoms with Crippen molar-refractivity contribution in [1.82, 2.24) is 16.0 Å². The molecule has 0 fully saturated rings. The van der Waals surface area contributed by atoms with Crippen molar-refractivity contribution in [2.24, 2.45) is 5.73 Å². The molecule has 0 aliphatic heterocycles. The summed E-state index contributed by atoms with van der Waals surface area (Å²) in [6.45, 7) is 4.69. The molecule has 0 radical (unpaired) electrons. The maximum Gasteiger partial charge on any atom is 0.407 e. The van der Waals surface area contributed by atoms with Crippen molar-refractivity contribution in [3.05, 3.63) is 35.9 Å². The van der Waals surface area contributed by atoms with E-state index in [9.17, 15) is 14.4 Å². The van der Waals surface area contributed by atoms with Gasteiger partial charge in [-0.05, 0) is 51.6 Å². The van der Waals surface area contributed by atoms with Gasteiger partial charge in [0.25, 0.3) is 0 Å². The van der Waals surface area contributed by atoms with Crippen LogP contribution in [0.3, 0.4) is 0 Å². The molecule has 0 aromatic heterocycles. The summed E-state index contributed by atoms with van der Waals surface area (Å²) in [6.07, 6.45) is 0.767. The highest BCUT2D eigenvalue weighted by Gasteiger charge is 2.21. The SMILES string of the molecule is CC(C)(CCC[C@H](NCCCNC(=O)OCc1ccccc1)C(N)=O)NC(=O)O. The van der Waals surface area contributed by atoms with Crippen LogP contribution in [0.4, 0.5) is 9.59 Å². The quantitative estimate of drug-likeness (QED) is 0.316. The van der Waals surface area contributed by atoms with Crippen molar-refractivity contribution in [2.75, 3.05) is 13.1 Å². The third-order valence-corrected chi connectivity index (χ3v) is 4.31. The smallest absolute Gasteiger partial charge is 0.407 e. The van der Waals surface area contributed by atoms with E-state index in [1.807, 2.05) is 30.3 Å². The zero-order valence-electron chi connectivity index (χ0n) is 17.1. The Hall–Kier alpha value is -2.81. The molecule has 9 nitrogen and oxygen atoms in total. The summed E-state index contributed by atoms with van der Waals surface area (Å²) in [5.41, 5.74) is 5.77. The summed E-state index contributed by atoms with van der Waals surface area (Å²) < 4.78 is 5.11. The average molecular weight is 408 g/mol. The predicted octanol–water partition coefficient (Wildman–Crippen LogP) is 1.96. The fourth-order valence-electron chi connectivity index (χ4n) is 2.77. The number of hydrogen-bond donors (Lipinski definition) is 5. The topological polar surface area (TPSA) is 143 Å². The van der Waals surface area contributed by atoms with E-state index in [0.717, 1.165) is 5.56 Å². The molecule has 0 aliphatic carbocycles. The van der Waals surface area contributed by atoms with Crippen LogP contribution in [0.1, 0.15) is 45.1 Å². The monoisotopic (exact) mass is 408 g/mol. The van der Waals surface area contributed by atoms with Crippen LogP contribution in [0.5, 0.6) is 0 Å². The number of carboxylic acid groups (broad SMARTS) is 1. The number of nitrogens with one attached hydrogen (secondary N) is 3. The van der Waals surface area contributed by atoms with Crippen LogP contribution in [0.2, 0.25) is 0 Å². The van der Waals surface area contributed by atoms with Gasteiger partial charge in [0.2, 0.25) is 5.91 Å². The maximum absolute atomic E-state index is 11.7. The molecule has 3 amide bonds. The normalized spacial score (nSPS) is 12.1. The van der Waals surface area contributed by atoms with Gasteiger partial charge in [-0.2, -0.15) is 0 Å². The van der Waals surface area contributed by atoms with E-state index in [4.69, 9.17) is 15.6 Å². The lowest BCUT2D eigenvalue weighted by Gasteiger charge is -2.25. The van der Waals surface area contributed by atoms with Gasteiger partial charge in [-0.3, -0.25) is 4.79 Å². The average Bonchev–Trinajstić information content (AvgIpc) is 2.64. The number of benzene rings is 1. The highest BCUT2D eigenvalue weighted by atomic mass is 16.5. The van der Waals surface area contributed by atoms with Crippen LogP contribution >= 0.6 is 0 Å². The Morgan fingerprint density at radius 1 is 1.14 bits per heavy atom. The van der Waals surface area contributed by atoms with Crippen molar-refractivity contribution in [3.63, 3.8) is 0 Å². The molecule has 0 aliphatic rings. The van der Waals surface area contributed by atoms with E-state index in [0.29, 0.717) is 38.8 Å². The number of ether oxygens (including phenoxy) is 1. The summed E-state index contributed by atoms with van der Waals surface area (Å²) in [7, 11) is 0. The van der Waals surface area contributed by atoms with Crippen LogP contribution in [-0.4, -0.2) is 47.9 Å². The number of amides is 3. The molecular formula is C20H32N4O5. The number of carbonyl (C=O) groups excluding carboxylic acids is 2. The maximum atomic E-state index is 11.7. The van der Waals surface area contributed by atoms with Crippen molar-refractivity contribution < 1.29 is 24.2 Å². The summed E-state index contributed by atoms with van der Waals surface area (Å²) in [6, 6.07) is 8.90. The zero-order chi connectivity index (χ0) is 21.7. The molecular weight excluding hydrogens is 376 g/mol. The number of nitrogens with two attached hydrogens (primary N) is 1. The van der Waals surface area contributed by atoms with E-state index in [1.165, 1.54) is 0 Å². The minimum absolute atomic E-state index is 0.210. The third-order valence-electron chi connectivity index (χ3n) is 4.31. The summed E-state index contributed by atoms with van der Waals surface area (Å²) in [5.74, 6) is -0.454. The highest BCUT2D eigenvalue weighted by Crippen LogP contribution is 2.14. The molecule has 1 aromatic carbocycles. The lowest BCUT2D eigenvalue weighted by atomic mass is 9.95. The molecule has 0 bridgehead atoms. The molecule has 0 saturated heterocycles. The second-order valence-corrected chi connectivity index (χ2v) is 7.46. The molecule has 1 rings (SSSR count). The molecule has 162 valence electrons. The van der Waals surface area contributed by atoms with Crippen molar-refractivity contribution in [2.45, 2.75) is 57.7 Å². The Morgan fingerprint density at radius 2 is 1.83 bits per heavy atom. The van der Waals surface area contributed by atoms with Crippen LogP contribution < -0.4 is 21.7 Å². The van der Waals surface area contributed by atoms with Gasteiger partial charge in [-0.1, -0.05) is 30.3 Å². The number of alkyl carbamates (subject to hydrolysis) is 1. The van der Waals surface area contributed by atoms with Gasteiger partial charge in [0.1, 0.15) is 6.61 Å². The van der Waals surface area contributed by atoms with Crippen molar-refractivity contribution in [1.29, 1.82) is 0 Å². The summed E-state index contributed by atoms with van der Waals surface area (Å²) in [5, 5.41) is 17.0. The largest absolute Gasteiger partial charge is 0.465 e. The molecule has 6 N–H and O–H groups in total. The van der Waals surface area contributed by atoms with Gasteiger partial charge in [-0.25, -0.2) is 9.59 Å². The Morgan fingerprint density at radius 3 is 2.45 bits per heavy atom. The first-order valence-electron chi connectivity index (χ1n) is 9.68. The van der Waals surface area contributed by atoms with Gasteiger partial charge in [0, 0.05) is 12.1 Å². The molecule has 0 heterocycles. The van der Waals surface area contributed by atoms with Crippen molar-refractivity contribution in [3.8, 4) is 0 Å². The van der Waals surface area contributed by atoms with Crippen molar-refractivity contribution >= 4 is 18.1 Å². The fraction of sp³-hybridized carbons (Fsp3) is 0.550. The van der Waals surface area contributed by atoms with Crippen LogP contribution in [-0.2, 0) is 16.1 Å². The first-order chi connectivity index (χ1) is 13.7. The molecule has 0 saturated carbocycles. The Kier molecular flexibility index (Phi) is 10.5. The van der Waals surface area contributed by atoms with E-state index < -0.39 is 29.7 Å². The Labute approximate surface area is 171 Å². The summed E-state index contributed by atoms with van der Waals surface area (Å²) in [4.78, 5) is 34.0. The minimum Gasteiger partial charge on any atom is -0.465 e. The van der Waals surface area contributed by atoms with Crippen LogP contribution in [0.25, 0.3) is 0 Å². The first-order valence-corrected chi connectivity index (χ1v) is 9.68. The lowest BCUT2D eigenvalue weighted by molar-refractivity contribution is -0.120. The number of hydrogen-bond acceptors (Lipinski definition) is 5. The Balaban J connectivity index is 2.18. The third kappa shape index (κ3) is 11.6. The van der Waals surface area contributed by atoms with E-state index >= 15 is 0 Å². The van der Waals surface area contributed by atoms with E-state index in [1.54, 1.807) is 13.8 Å². The number of primary amides is 1. The molecule has 29 heavy (non-hydrogen) atoms. The standard InChI is InChI=1S/C20H32N4O5/c1-20(2,24-18(26)27)11-6-10-16(17(21)25)22-12-7-13-23-19(28)29-14-15-8-4-3-5-9-15/h3-5,8-9,16,22,24H,6-7,10-14H2,1-2H3,(H2,21,25)(H,23,28)(H,26,27)/t16-/m0/s1. The number of rotatable bonds is 13.